The van der Waals surface area contributed by atoms with Crippen molar-refractivity contribution in [3.8, 4) is 11.5 Å². The lowest BCUT2D eigenvalue weighted by Gasteiger charge is -2.11. The molecule has 0 fully saturated rings. The van der Waals surface area contributed by atoms with Gasteiger partial charge in [-0.3, -0.25) is 0 Å². The Hall–Kier alpha value is -2.03. The Morgan fingerprint density at radius 3 is 2.19 bits per heavy atom. The first-order chi connectivity index (χ1) is 7.75. The van der Waals surface area contributed by atoms with E-state index in [2.05, 4.69) is 0 Å². The summed E-state index contributed by atoms with van der Waals surface area (Å²) in [5.74, 6) is 0.511. The standard InChI is InChI=1S/C13H11FO2/c14-13(10-4-2-1-3-5-10)16-12-8-6-11(15)7-9-12/h1-9,13,15H. The number of benzene rings is 2. The molecule has 1 N–H and O–H groups in total. The molecule has 0 saturated carbocycles. The zero-order chi connectivity index (χ0) is 11.4. The van der Waals surface area contributed by atoms with Crippen LogP contribution in [0.15, 0.2) is 54.6 Å². The normalized spacial score (nSPS) is 12.1. The van der Waals surface area contributed by atoms with Gasteiger partial charge in [0.05, 0.1) is 0 Å². The molecule has 0 aliphatic carbocycles. The Bertz CT molecular complexity index is 439. The third-order valence-electron chi connectivity index (χ3n) is 2.14. The van der Waals surface area contributed by atoms with Gasteiger partial charge in [-0.25, -0.2) is 0 Å². The smallest absolute Gasteiger partial charge is 0.264 e. The Labute approximate surface area is 92.9 Å². The molecule has 0 amide bonds. The van der Waals surface area contributed by atoms with E-state index in [0.717, 1.165) is 0 Å². The SMILES string of the molecule is Oc1ccc(OC(F)c2ccccc2)cc1. The van der Waals surface area contributed by atoms with Crippen LogP contribution >= 0.6 is 0 Å². The molecule has 0 aromatic heterocycles. The molecule has 16 heavy (non-hydrogen) atoms. The molecular formula is C13H11FO2. The molecule has 0 aliphatic rings. The lowest BCUT2D eigenvalue weighted by atomic mass is 10.2. The van der Waals surface area contributed by atoms with E-state index in [1.807, 2.05) is 6.07 Å². The summed E-state index contributed by atoms with van der Waals surface area (Å²) in [6, 6.07) is 14.6. The third kappa shape index (κ3) is 2.51. The number of alkyl halides is 1. The van der Waals surface area contributed by atoms with Gasteiger partial charge in [0, 0.05) is 5.56 Å². The van der Waals surface area contributed by atoms with Gasteiger partial charge in [0.1, 0.15) is 11.5 Å². The topological polar surface area (TPSA) is 29.5 Å². The van der Waals surface area contributed by atoms with Crippen LogP contribution in [0, 0.1) is 0 Å². The quantitative estimate of drug-likeness (QED) is 0.855. The van der Waals surface area contributed by atoms with Crippen LogP contribution < -0.4 is 4.74 Å². The van der Waals surface area contributed by atoms with Crippen LogP contribution in [0.3, 0.4) is 0 Å². The summed E-state index contributed by atoms with van der Waals surface area (Å²) in [4.78, 5) is 0. The van der Waals surface area contributed by atoms with Crippen LogP contribution in [0.25, 0.3) is 0 Å². The lowest BCUT2D eigenvalue weighted by molar-refractivity contribution is 0.0671. The number of aromatic hydroxyl groups is 1. The molecule has 0 radical (unpaired) electrons. The molecule has 1 atom stereocenters. The average molecular weight is 218 g/mol. The molecule has 2 nitrogen and oxygen atoms in total. The van der Waals surface area contributed by atoms with Gasteiger partial charge in [0.2, 0.25) is 0 Å². The second-order valence-electron chi connectivity index (χ2n) is 3.34. The summed E-state index contributed by atoms with van der Waals surface area (Å²) in [5.41, 5.74) is 0.468. The second kappa shape index (κ2) is 4.66. The molecule has 82 valence electrons. The minimum Gasteiger partial charge on any atom is -0.508 e. The number of rotatable bonds is 3. The van der Waals surface area contributed by atoms with E-state index in [9.17, 15) is 4.39 Å². The zero-order valence-electron chi connectivity index (χ0n) is 8.51. The highest BCUT2D eigenvalue weighted by molar-refractivity contribution is 5.30. The van der Waals surface area contributed by atoms with Crippen molar-refractivity contribution in [3.05, 3.63) is 60.2 Å². The van der Waals surface area contributed by atoms with Crippen molar-refractivity contribution < 1.29 is 14.2 Å². The van der Waals surface area contributed by atoms with Crippen LogP contribution in [0.1, 0.15) is 11.9 Å². The maximum Gasteiger partial charge on any atom is 0.264 e. The Balaban J connectivity index is 2.08. The van der Waals surface area contributed by atoms with Crippen molar-refractivity contribution in [3.63, 3.8) is 0 Å². The first-order valence-corrected chi connectivity index (χ1v) is 4.90. The molecule has 0 aliphatic heterocycles. The van der Waals surface area contributed by atoms with Crippen LogP contribution in [0.4, 0.5) is 4.39 Å². The molecule has 0 spiro atoms. The van der Waals surface area contributed by atoms with Crippen molar-refractivity contribution in [2.24, 2.45) is 0 Å². The summed E-state index contributed by atoms with van der Waals surface area (Å²) in [5, 5.41) is 9.06. The van der Waals surface area contributed by atoms with Gasteiger partial charge < -0.3 is 9.84 Å². The van der Waals surface area contributed by atoms with E-state index in [0.29, 0.717) is 11.3 Å². The van der Waals surface area contributed by atoms with Crippen molar-refractivity contribution in [1.82, 2.24) is 0 Å². The highest BCUT2D eigenvalue weighted by Gasteiger charge is 2.10. The molecule has 2 rings (SSSR count). The fraction of sp³-hybridized carbons (Fsp3) is 0.0769. The molecule has 1 unspecified atom stereocenters. The van der Waals surface area contributed by atoms with E-state index >= 15 is 0 Å². The minimum absolute atomic E-state index is 0.127. The first kappa shape index (κ1) is 10.5. The van der Waals surface area contributed by atoms with Gasteiger partial charge in [0.15, 0.2) is 0 Å². The van der Waals surface area contributed by atoms with Crippen molar-refractivity contribution in [1.29, 1.82) is 0 Å². The van der Waals surface area contributed by atoms with Crippen molar-refractivity contribution >= 4 is 0 Å². The maximum absolute atomic E-state index is 13.6. The van der Waals surface area contributed by atoms with Gasteiger partial charge in [-0.1, -0.05) is 30.3 Å². The molecule has 0 saturated heterocycles. The van der Waals surface area contributed by atoms with Crippen LogP contribution in [0.5, 0.6) is 11.5 Å². The predicted octanol–water partition coefficient (Wildman–Crippen LogP) is 3.44. The van der Waals surface area contributed by atoms with Crippen molar-refractivity contribution in [2.75, 3.05) is 0 Å². The van der Waals surface area contributed by atoms with Gasteiger partial charge >= 0.3 is 0 Å². The molecule has 3 heteroatoms. The fourth-order valence-corrected chi connectivity index (χ4v) is 1.32. The highest BCUT2D eigenvalue weighted by Crippen LogP contribution is 2.24. The van der Waals surface area contributed by atoms with Crippen LogP contribution in [-0.2, 0) is 0 Å². The Morgan fingerprint density at radius 2 is 1.56 bits per heavy atom. The van der Waals surface area contributed by atoms with Gasteiger partial charge in [-0.2, -0.15) is 4.39 Å². The number of phenols is 1. The second-order valence-corrected chi connectivity index (χ2v) is 3.34. The van der Waals surface area contributed by atoms with Crippen LogP contribution in [0.2, 0.25) is 0 Å². The number of hydrogen-bond donors (Lipinski definition) is 1. The Morgan fingerprint density at radius 1 is 0.938 bits per heavy atom. The minimum atomic E-state index is -1.49. The first-order valence-electron chi connectivity index (χ1n) is 4.90. The van der Waals surface area contributed by atoms with E-state index in [1.54, 1.807) is 24.3 Å². The molecule has 2 aromatic rings. The molecule has 0 bridgehead atoms. The summed E-state index contributed by atoms with van der Waals surface area (Å²) >= 11 is 0. The summed E-state index contributed by atoms with van der Waals surface area (Å²) in [7, 11) is 0. The van der Waals surface area contributed by atoms with E-state index in [-0.39, 0.29) is 5.75 Å². The van der Waals surface area contributed by atoms with Crippen molar-refractivity contribution in [2.45, 2.75) is 6.36 Å². The van der Waals surface area contributed by atoms with Gasteiger partial charge in [-0.15, -0.1) is 0 Å². The van der Waals surface area contributed by atoms with Gasteiger partial charge in [-0.05, 0) is 24.3 Å². The predicted molar refractivity (Wildman–Crippen MR) is 59.0 cm³/mol. The largest absolute Gasteiger partial charge is 0.508 e. The summed E-state index contributed by atoms with van der Waals surface area (Å²) in [6.07, 6.45) is -1.49. The lowest BCUT2D eigenvalue weighted by Crippen LogP contribution is -2.00. The monoisotopic (exact) mass is 218 g/mol. The van der Waals surface area contributed by atoms with Gasteiger partial charge in [0.25, 0.3) is 6.36 Å². The van der Waals surface area contributed by atoms with E-state index in [1.165, 1.54) is 24.3 Å². The average Bonchev–Trinajstić information content (AvgIpc) is 2.33. The maximum atomic E-state index is 13.6. The number of phenolic OH excluding ortho intramolecular Hbond substituents is 1. The number of hydrogen-bond acceptors (Lipinski definition) is 2. The zero-order valence-corrected chi connectivity index (χ0v) is 8.51. The third-order valence-corrected chi connectivity index (χ3v) is 2.14. The molecule has 2 aromatic carbocycles. The summed E-state index contributed by atoms with van der Waals surface area (Å²) < 4.78 is 18.7. The highest BCUT2D eigenvalue weighted by atomic mass is 19.1. The van der Waals surface area contributed by atoms with Crippen LogP contribution in [-0.4, -0.2) is 5.11 Å². The molecular weight excluding hydrogens is 207 g/mol. The summed E-state index contributed by atoms with van der Waals surface area (Å²) in [6.45, 7) is 0. The van der Waals surface area contributed by atoms with E-state index in [4.69, 9.17) is 9.84 Å². The Kier molecular flexibility index (Phi) is 3.05. The number of ether oxygens (including phenoxy) is 1. The number of halogens is 1. The molecule has 0 heterocycles. The van der Waals surface area contributed by atoms with E-state index < -0.39 is 6.36 Å². The fourth-order valence-electron chi connectivity index (χ4n) is 1.32.